The van der Waals surface area contributed by atoms with E-state index in [2.05, 4.69) is 17.2 Å². The molecule has 0 saturated heterocycles. The molecule has 0 aromatic rings. The normalized spacial score (nSPS) is 14.7. The van der Waals surface area contributed by atoms with Crippen LogP contribution in [0.2, 0.25) is 0 Å². The van der Waals surface area contributed by atoms with Gasteiger partial charge in [0.1, 0.15) is 0 Å². The Morgan fingerprint density at radius 3 is 2.50 bits per heavy atom. The molecule has 1 unspecified atom stereocenters. The smallest absolute Gasteiger partial charge is 0.328 e. The molecule has 7 heteroatoms. The molecule has 1 atom stereocenters. The van der Waals surface area contributed by atoms with Crippen molar-refractivity contribution in [1.82, 2.24) is 0 Å². The summed E-state index contributed by atoms with van der Waals surface area (Å²) in [6.07, 6.45) is 0.675. The van der Waals surface area contributed by atoms with Crippen molar-refractivity contribution in [2.24, 2.45) is 5.73 Å². The van der Waals surface area contributed by atoms with Crippen LogP contribution >= 0.6 is 20.5 Å². The third-order valence-corrected chi connectivity index (χ3v) is 2.12. The van der Waals surface area contributed by atoms with E-state index in [0.717, 1.165) is 6.42 Å². The minimum Gasteiger partial charge on any atom is -0.328 e. The second-order valence-electron chi connectivity index (χ2n) is 2.32. The number of phosphoric ester groups is 1. The van der Waals surface area contributed by atoms with Gasteiger partial charge in [-0.05, 0) is 18.6 Å². The zero-order valence-electron chi connectivity index (χ0n) is 6.59. The zero-order valence-corrected chi connectivity index (χ0v) is 8.38. The van der Waals surface area contributed by atoms with Gasteiger partial charge >= 0.3 is 7.82 Å². The molecule has 0 saturated carbocycles. The number of phosphoric acid groups is 1. The Morgan fingerprint density at radius 1 is 1.58 bits per heavy atom. The van der Waals surface area contributed by atoms with Gasteiger partial charge in [0, 0.05) is 6.54 Å². The van der Waals surface area contributed by atoms with Gasteiger partial charge in [0.05, 0.1) is 6.10 Å². The number of nitrogens with two attached hydrogens (primary N) is 1. The molecule has 4 N–H and O–H groups in total. The van der Waals surface area contributed by atoms with E-state index in [1.54, 1.807) is 0 Å². The molecule has 0 heterocycles. The van der Waals surface area contributed by atoms with E-state index >= 15 is 0 Å². The van der Waals surface area contributed by atoms with E-state index in [4.69, 9.17) is 15.5 Å². The molecule has 0 aliphatic rings. The Balaban J connectivity index is 3.75. The van der Waals surface area contributed by atoms with Crippen LogP contribution in [0.15, 0.2) is 0 Å². The predicted molar refractivity (Wildman–Crippen MR) is 49.1 cm³/mol. The Labute approximate surface area is 76.9 Å². The first-order valence-corrected chi connectivity index (χ1v) is 5.70. The summed E-state index contributed by atoms with van der Waals surface area (Å²) in [6, 6.07) is 0. The highest BCUT2D eigenvalue weighted by Crippen LogP contribution is 2.38. The van der Waals surface area contributed by atoms with Crippen LogP contribution < -0.4 is 5.73 Å². The van der Waals surface area contributed by atoms with Crippen LogP contribution in [0.3, 0.4) is 0 Å². The number of rotatable bonds is 6. The SMILES string of the molecule is NCC(CCCS)OP(=O)(O)O. The standard InChI is InChI=1S/C5H14NO4PS/c6-4-5(2-1-3-12)10-11(7,8)9/h5,12H,1-4,6H2,(H2,7,8,9). The molecule has 0 fully saturated rings. The van der Waals surface area contributed by atoms with Crippen LogP contribution in [0.25, 0.3) is 0 Å². The maximum absolute atomic E-state index is 10.4. The van der Waals surface area contributed by atoms with Gasteiger partial charge in [-0.1, -0.05) is 0 Å². The van der Waals surface area contributed by atoms with E-state index in [-0.39, 0.29) is 6.54 Å². The van der Waals surface area contributed by atoms with E-state index in [1.807, 2.05) is 0 Å². The highest BCUT2D eigenvalue weighted by atomic mass is 32.1. The van der Waals surface area contributed by atoms with Crippen molar-refractivity contribution < 1.29 is 18.9 Å². The van der Waals surface area contributed by atoms with Gasteiger partial charge in [-0.3, -0.25) is 4.52 Å². The summed E-state index contributed by atoms with van der Waals surface area (Å²) in [7, 11) is -4.38. The Bertz CT molecular complexity index is 162. The van der Waals surface area contributed by atoms with Gasteiger partial charge in [0.15, 0.2) is 0 Å². The van der Waals surface area contributed by atoms with Crippen LogP contribution in [-0.2, 0) is 9.09 Å². The molecule has 0 bridgehead atoms. The lowest BCUT2D eigenvalue weighted by atomic mass is 10.2. The molecule has 0 rings (SSSR count). The maximum atomic E-state index is 10.4. The molecule has 12 heavy (non-hydrogen) atoms. The maximum Gasteiger partial charge on any atom is 0.469 e. The van der Waals surface area contributed by atoms with Crippen LogP contribution in [0.1, 0.15) is 12.8 Å². The lowest BCUT2D eigenvalue weighted by molar-refractivity contribution is 0.131. The highest BCUT2D eigenvalue weighted by molar-refractivity contribution is 7.80. The fraction of sp³-hybridized carbons (Fsp3) is 1.00. The fourth-order valence-corrected chi connectivity index (χ4v) is 1.49. The van der Waals surface area contributed by atoms with Gasteiger partial charge in [-0.15, -0.1) is 0 Å². The minimum absolute atomic E-state index is 0.110. The molecular formula is C5H14NO4PS. The number of hydrogen-bond acceptors (Lipinski definition) is 4. The van der Waals surface area contributed by atoms with Crippen molar-refractivity contribution in [3.63, 3.8) is 0 Å². The average molecular weight is 215 g/mol. The second kappa shape index (κ2) is 5.96. The number of thiol groups is 1. The third-order valence-electron chi connectivity index (χ3n) is 1.23. The molecule has 74 valence electrons. The van der Waals surface area contributed by atoms with Crippen molar-refractivity contribution in [1.29, 1.82) is 0 Å². The Hall–Kier alpha value is 0.420. The molecule has 0 aliphatic carbocycles. The molecule has 0 aromatic heterocycles. The van der Waals surface area contributed by atoms with Crippen LogP contribution in [0.4, 0.5) is 0 Å². The molecule has 0 aromatic carbocycles. The summed E-state index contributed by atoms with van der Waals surface area (Å²) in [4.78, 5) is 16.9. The third kappa shape index (κ3) is 7.09. The lowest BCUT2D eigenvalue weighted by Crippen LogP contribution is -2.22. The van der Waals surface area contributed by atoms with Crippen LogP contribution in [-0.4, -0.2) is 28.2 Å². The summed E-state index contributed by atoms with van der Waals surface area (Å²) >= 11 is 3.96. The van der Waals surface area contributed by atoms with Crippen LogP contribution in [0, 0.1) is 0 Å². The summed E-state index contributed by atoms with van der Waals surface area (Å²) in [5.41, 5.74) is 5.23. The molecular weight excluding hydrogens is 201 g/mol. The summed E-state index contributed by atoms with van der Waals surface area (Å²) < 4.78 is 14.8. The Morgan fingerprint density at radius 2 is 2.17 bits per heavy atom. The van der Waals surface area contributed by atoms with Gasteiger partial charge < -0.3 is 15.5 Å². The summed E-state index contributed by atoms with van der Waals surface area (Å²) in [5, 5.41) is 0. The second-order valence-corrected chi connectivity index (χ2v) is 3.96. The zero-order chi connectivity index (χ0) is 9.61. The first-order valence-electron chi connectivity index (χ1n) is 3.54. The van der Waals surface area contributed by atoms with Gasteiger partial charge in [-0.2, -0.15) is 12.6 Å². The van der Waals surface area contributed by atoms with Gasteiger partial charge in [0.25, 0.3) is 0 Å². The highest BCUT2D eigenvalue weighted by Gasteiger charge is 2.20. The van der Waals surface area contributed by atoms with Gasteiger partial charge in [0.2, 0.25) is 0 Å². The topological polar surface area (TPSA) is 92.8 Å². The van der Waals surface area contributed by atoms with Crippen molar-refractivity contribution in [2.45, 2.75) is 18.9 Å². The predicted octanol–water partition coefficient (Wildman–Crippen LogP) is 0.133. The molecule has 5 nitrogen and oxygen atoms in total. The van der Waals surface area contributed by atoms with E-state index in [9.17, 15) is 4.57 Å². The minimum atomic E-state index is -4.38. The largest absolute Gasteiger partial charge is 0.469 e. The van der Waals surface area contributed by atoms with Crippen molar-refractivity contribution >= 4 is 20.5 Å². The van der Waals surface area contributed by atoms with E-state index < -0.39 is 13.9 Å². The first kappa shape index (κ1) is 12.4. The average Bonchev–Trinajstić information content (AvgIpc) is 1.95. The quantitative estimate of drug-likeness (QED) is 0.373. The molecule has 0 spiro atoms. The Kier molecular flexibility index (Phi) is 6.17. The van der Waals surface area contributed by atoms with E-state index in [0.29, 0.717) is 12.2 Å². The van der Waals surface area contributed by atoms with Crippen molar-refractivity contribution in [3.8, 4) is 0 Å². The molecule has 0 amide bonds. The molecule has 0 aliphatic heterocycles. The summed E-state index contributed by atoms with van der Waals surface area (Å²) in [5.74, 6) is 0.654. The monoisotopic (exact) mass is 215 g/mol. The van der Waals surface area contributed by atoms with Crippen molar-refractivity contribution in [2.75, 3.05) is 12.3 Å². The van der Waals surface area contributed by atoms with Crippen LogP contribution in [0.5, 0.6) is 0 Å². The fourth-order valence-electron chi connectivity index (χ4n) is 0.727. The van der Waals surface area contributed by atoms with Gasteiger partial charge in [-0.25, -0.2) is 4.57 Å². The van der Waals surface area contributed by atoms with E-state index in [1.165, 1.54) is 0 Å². The molecule has 0 radical (unpaired) electrons. The summed E-state index contributed by atoms with van der Waals surface area (Å²) in [6.45, 7) is 0.110. The number of hydrogen-bond donors (Lipinski definition) is 4. The lowest BCUT2D eigenvalue weighted by Gasteiger charge is -2.15. The first-order chi connectivity index (χ1) is 5.49. The van der Waals surface area contributed by atoms with Crippen molar-refractivity contribution in [3.05, 3.63) is 0 Å².